The Morgan fingerprint density at radius 1 is 0.422 bits per heavy atom. The Hall–Kier alpha value is -6.13. The van der Waals surface area contributed by atoms with Crippen LogP contribution >= 0.6 is 0 Å². The third-order valence-electron chi connectivity index (χ3n) is 8.28. The molecule has 0 amide bonds. The molecule has 0 aliphatic carbocycles. The van der Waals surface area contributed by atoms with E-state index >= 15 is 0 Å². The van der Waals surface area contributed by atoms with Crippen molar-refractivity contribution in [3.05, 3.63) is 158 Å². The molecule has 4 nitrogen and oxygen atoms in total. The fourth-order valence-electron chi connectivity index (χ4n) is 6.42. The van der Waals surface area contributed by atoms with E-state index in [0.29, 0.717) is 5.69 Å². The van der Waals surface area contributed by atoms with Crippen molar-refractivity contribution >= 4 is 65.4 Å². The van der Waals surface area contributed by atoms with Gasteiger partial charge in [-0.25, -0.2) is 4.98 Å². The standard InChI is InChI=1S/C41H26N4/c1-2-12-27(13-3-1)43-35-18-8-6-16-31(35)33-24-28(22-23-39(33)43)44-36-19-9-7-17-32(36)34-26-42-41(25-40(34)44)45-37-20-10-4-14-29(37)30-15-5-11-21-38(30)45/h1-26H/i4D,5D,7D,9D,10D,11D,14D,15D,17D,19D,20D,21D,25D,26D. The maximum atomic E-state index is 9.89. The summed E-state index contributed by atoms with van der Waals surface area (Å²) in [6, 6.07) is 15.5. The van der Waals surface area contributed by atoms with Crippen molar-refractivity contribution in [3.63, 3.8) is 0 Å². The van der Waals surface area contributed by atoms with Crippen molar-refractivity contribution in [2.45, 2.75) is 0 Å². The Labute approximate surface area is 278 Å². The largest absolute Gasteiger partial charge is 0.309 e. The summed E-state index contributed by atoms with van der Waals surface area (Å²) in [7, 11) is 0. The first-order valence-corrected chi connectivity index (χ1v) is 14.2. The summed E-state index contributed by atoms with van der Waals surface area (Å²) in [5, 5.41) is 1.04. The molecule has 10 rings (SSSR count). The van der Waals surface area contributed by atoms with Crippen LogP contribution in [0.5, 0.6) is 0 Å². The van der Waals surface area contributed by atoms with Crippen LogP contribution in [-0.2, 0) is 0 Å². The van der Waals surface area contributed by atoms with Gasteiger partial charge in [0.05, 0.1) is 52.3 Å². The zero-order valence-electron chi connectivity index (χ0n) is 37.2. The second-order valence-electron chi connectivity index (χ2n) is 10.6. The number of pyridine rings is 1. The number of hydrogen-bond donors (Lipinski definition) is 0. The summed E-state index contributed by atoms with van der Waals surface area (Å²) < 4.78 is 129. The van der Waals surface area contributed by atoms with Crippen molar-refractivity contribution in [2.75, 3.05) is 0 Å². The molecule has 0 unspecified atom stereocenters. The highest BCUT2D eigenvalue weighted by molar-refractivity contribution is 6.13. The lowest BCUT2D eigenvalue weighted by molar-refractivity contribution is 1.08. The maximum Gasteiger partial charge on any atom is 0.139 e. The summed E-state index contributed by atoms with van der Waals surface area (Å²) in [4.78, 5) is 4.46. The van der Waals surface area contributed by atoms with Crippen molar-refractivity contribution in [1.29, 1.82) is 0 Å². The molecule has 0 N–H and O–H groups in total. The van der Waals surface area contributed by atoms with Gasteiger partial charge in [-0.3, -0.25) is 4.57 Å². The predicted molar refractivity (Wildman–Crippen MR) is 187 cm³/mol. The smallest absolute Gasteiger partial charge is 0.139 e. The van der Waals surface area contributed by atoms with Gasteiger partial charge in [-0.15, -0.1) is 0 Å². The fourth-order valence-corrected chi connectivity index (χ4v) is 6.42. The van der Waals surface area contributed by atoms with Crippen molar-refractivity contribution < 1.29 is 19.2 Å². The van der Waals surface area contributed by atoms with Gasteiger partial charge in [0.15, 0.2) is 0 Å². The predicted octanol–water partition coefficient (Wildman–Crippen LogP) is 10.4. The number of fused-ring (bicyclic) bond motifs is 9. The van der Waals surface area contributed by atoms with Crippen LogP contribution in [0.4, 0.5) is 0 Å². The molecule has 45 heavy (non-hydrogen) atoms. The van der Waals surface area contributed by atoms with Crippen LogP contribution in [0.1, 0.15) is 19.2 Å². The minimum absolute atomic E-state index is 0.0378. The Morgan fingerprint density at radius 2 is 1.00 bits per heavy atom. The van der Waals surface area contributed by atoms with E-state index in [2.05, 4.69) is 9.55 Å². The number of nitrogens with zero attached hydrogens (tertiary/aromatic N) is 4. The van der Waals surface area contributed by atoms with Crippen molar-refractivity contribution in [3.8, 4) is 17.2 Å². The van der Waals surface area contributed by atoms with E-state index in [4.69, 9.17) is 16.4 Å². The second kappa shape index (κ2) is 9.18. The third-order valence-corrected chi connectivity index (χ3v) is 8.28. The van der Waals surface area contributed by atoms with Crippen LogP contribution < -0.4 is 0 Å². The average Bonchev–Trinajstić information content (AvgIpc) is 3.91. The first-order chi connectivity index (χ1) is 28.2. The number of aromatic nitrogens is 4. The number of para-hydroxylation sites is 5. The molecule has 0 saturated carbocycles. The molecule has 0 spiro atoms. The monoisotopic (exact) mass is 588 g/mol. The molecule has 6 aromatic carbocycles. The van der Waals surface area contributed by atoms with E-state index in [0.717, 1.165) is 32.1 Å². The molecule has 0 radical (unpaired) electrons. The summed E-state index contributed by atoms with van der Waals surface area (Å²) in [6.45, 7) is 0. The molecular weight excluding hydrogens is 548 g/mol. The molecule has 4 aromatic heterocycles. The van der Waals surface area contributed by atoms with E-state index in [1.165, 1.54) is 4.57 Å². The molecule has 0 atom stereocenters. The molecule has 0 aliphatic rings. The summed E-state index contributed by atoms with van der Waals surface area (Å²) in [5.41, 5.74) is 2.30. The molecular formula is C41H26N4. The number of rotatable bonds is 3. The molecule has 0 saturated heterocycles. The Kier molecular flexibility index (Phi) is 2.97. The van der Waals surface area contributed by atoms with E-state index in [1.807, 2.05) is 66.7 Å². The zero-order chi connectivity index (χ0) is 41.7. The van der Waals surface area contributed by atoms with Gasteiger partial charge in [0.1, 0.15) is 5.82 Å². The first kappa shape index (κ1) is 14.6. The normalized spacial score (nSPS) is 16.4. The van der Waals surface area contributed by atoms with Gasteiger partial charge in [0.25, 0.3) is 0 Å². The highest BCUT2D eigenvalue weighted by Gasteiger charge is 2.19. The fraction of sp³-hybridized carbons (Fsp3) is 0. The van der Waals surface area contributed by atoms with Gasteiger partial charge in [0, 0.05) is 55.9 Å². The molecule has 0 bridgehead atoms. The van der Waals surface area contributed by atoms with Crippen LogP contribution in [0.25, 0.3) is 82.6 Å². The average molecular weight is 589 g/mol. The highest BCUT2D eigenvalue weighted by atomic mass is 15.1. The zero-order valence-corrected chi connectivity index (χ0v) is 23.2. The lowest BCUT2D eigenvalue weighted by atomic mass is 10.1. The van der Waals surface area contributed by atoms with E-state index in [-0.39, 0.29) is 43.6 Å². The topological polar surface area (TPSA) is 27.7 Å². The van der Waals surface area contributed by atoms with Gasteiger partial charge in [0.2, 0.25) is 0 Å². The molecule has 0 aliphatic heterocycles. The molecule has 210 valence electrons. The van der Waals surface area contributed by atoms with Gasteiger partial charge in [-0.2, -0.15) is 0 Å². The van der Waals surface area contributed by atoms with E-state index < -0.39 is 90.5 Å². The SMILES string of the molecule is [2H]c1c([2H])c([2H])c2c(c1[2H])c1c([2H])nc(-n3c4c([2H])c([2H])c([2H])c([2H])c4c4c([2H])c([2H])c([2H])c([2H])c43)c([2H])c1n2-c1ccc2c(c1)c1ccccc1n2-c1ccccc1. The van der Waals surface area contributed by atoms with Crippen molar-refractivity contribution in [1.82, 2.24) is 18.7 Å². The Morgan fingerprint density at radius 3 is 1.73 bits per heavy atom. The first-order valence-electron chi connectivity index (χ1n) is 21.2. The minimum Gasteiger partial charge on any atom is -0.309 e. The quantitative estimate of drug-likeness (QED) is 0.202. The van der Waals surface area contributed by atoms with Crippen LogP contribution in [0.15, 0.2) is 158 Å². The maximum absolute atomic E-state index is 9.89. The third kappa shape index (κ3) is 3.39. The van der Waals surface area contributed by atoms with Gasteiger partial charge >= 0.3 is 0 Å². The van der Waals surface area contributed by atoms with Gasteiger partial charge in [-0.05, 0) is 54.5 Å². The van der Waals surface area contributed by atoms with E-state index in [9.17, 15) is 2.74 Å². The van der Waals surface area contributed by atoms with Gasteiger partial charge < -0.3 is 9.13 Å². The van der Waals surface area contributed by atoms with Crippen LogP contribution in [-0.4, -0.2) is 18.7 Å². The molecule has 10 aromatic rings. The van der Waals surface area contributed by atoms with Crippen LogP contribution in [0, 0.1) is 0 Å². The molecule has 4 heteroatoms. The number of benzene rings is 6. The Balaban J connectivity index is 1.42. The number of hydrogen-bond acceptors (Lipinski definition) is 1. The minimum atomic E-state index is -0.666. The van der Waals surface area contributed by atoms with Crippen molar-refractivity contribution in [2.24, 2.45) is 0 Å². The lowest BCUT2D eigenvalue weighted by Gasteiger charge is -2.11. The molecule has 4 heterocycles. The summed E-state index contributed by atoms with van der Waals surface area (Å²) in [5.74, 6) is -0.418. The summed E-state index contributed by atoms with van der Waals surface area (Å²) >= 11 is 0. The van der Waals surface area contributed by atoms with E-state index in [1.54, 1.807) is 6.07 Å². The van der Waals surface area contributed by atoms with Crippen LogP contribution in [0.2, 0.25) is 0 Å². The highest BCUT2D eigenvalue weighted by Crippen LogP contribution is 2.38. The Bertz CT molecular complexity index is 3480. The molecule has 0 fully saturated rings. The van der Waals surface area contributed by atoms with Crippen LogP contribution in [0.3, 0.4) is 0 Å². The second-order valence-corrected chi connectivity index (χ2v) is 10.6. The summed E-state index contributed by atoms with van der Waals surface area (Å²) in [6.07, 6.45) is -0.543. The van der Waals surface area contributed by atoms with Gasteiger partial charge in [-0.1, -0.05) is 90.8 Å². The lowest BCUT2D eigenvalue weighted by Crippen LogP contribution is -1.99.